The summed E-state index contributed by atoms with van der Waals surface area (Å²) >= 11 is 5.32. The Bertz CT molecular complexity index is 542. The highest BCUT2D eigenvalue weighted by Gasteiger charge is 2.43. The highest BCUT2D eigenvalue weighted by atomic mass is 35.5. The molecule has 1 aromatic rings. The smallest absolute Gasteiger partial charge is 0.405 e. The molecule has 1 aromatic carbocycles. The Kier molecular flexibility index (Phi) is 5.37. The van der Waals surface area contributed by atoms with Crippen molar-refractivity contribution in [3.05, 3.63) is 35.9 Å². The molecule has 0 spiro atoms. The summed E-state index contributed by atoms with van der Waals surface area (Å²) in [5.74, 6) is -0.526. The number of carbonyl (C=O) groups is 2. The number of nitrogens with zero attached hydrogens (tertiary/aromatic N) is 1. The molecule has 0 bridgehead atoms. The average molecular weight is 330 g/mol. The molecule has 120 valence electrons. The van der Waals surface area contributed by atoms with Crippen LogP contribution in [0.15, 0.2) is 30.3 Å². The molecule has 2 unspecified atom stereocenters. The van der Waals surface area contributed by atoms with E-state index in [0.29, 0.717) is 12.1 Å². The van der Waals surface area contributed by atoms with E-state index in [1.54, 1.807) is 29.2 Å². The first-order chi connectivity index (χ1) is 10.4. The fourth-order valence-electron chi connectivity index (χ4n) is 2.47. The number of likely N-dealkylation sites (tertiary alicyclic amines) is 1. The summed E-state index contributed by atoms with van der Waals surface area (Å²) in [4.78, 5) is 23.6. The summed E-state index contributed by atoms with van der Waals surface area (Å²) in [6, 6.07) is 8.96. The molecule has 7 heteroatoms. The quantitative estimate of drug-likeness (QED) is 0.614. The van der Waals surface area contributed by atoms with Gasteiger partial charge in [0.25, 0.3) is 0 Å². The molecule has 0 aromatic heterocycles. The summed E-state index contributed by atoms with van der Waals surface area (Å²) in [7, 11) is 0. The van der Waals surface area contributed by atoms with Gasteiger partial charge in [0.15, 0.2) is 11.9 Å². The summed E-state index contributed by atoms with van der Waals surface area (Å²) < 4.78 is 24.5. The van der Waals surface area contributed by atoms with E-state index < -0.39 is 23.3 Å². The van der Waals surface area contributed by atoms with Crippen molar-refractivity contribution in [2.24, 2.45) is 0 Å². The molecule has 5 nitrogen and oxygen atoms in total. The van der Waals surface area contributed by atoms with E-state index in [9.17, 15) is 14.0 Å². The highest BCUT2D eigenvalue weighted by Crippen LogP contribution is 2.33. The van der Waals surface area contributed by atoms with Gasteiger partial charge in [0, 0.05) is 37.2 Å². The molecule has 0 aliphatic carbocycles. The van der Waals surface area contributed by atoms with Gasteiger partial charge in [0.05, 0.1) is 0 Å². The van der Waals surface area contributed by atoms with E-state index in [0.717, 1.165) is 0 Å². The minimum Gasteiger partial charge on any atom is -0.462 e. The van der Waals surface area contributed by atoms with E-state index in [2.05, 4.69) is 0 Å². The van der Waals surface area contributed by atoms with E-state index in [4.69, 9.17) is 21.1 Å². The second-order valence-corrected chi connectivity index (χ2v) is 5.58. The Labute approximate surface area is 132 Å². The first-order valence-corrected chi connectivity index (χ1v) is 7.25. The average Bonchev–Trinajstić information content (AvgIpc) is 2.86. The van der Waals surface area contributed by atoms with Crippen LogP contribution < -0.4 is 0 Å². The standard InChI is InChI=1S/C15H17ClFNO4/c1-11(19)21-10-15(17)7-8-18(9-15)13(22-14(16)20)12-5-3-2-4-6-12/h2-6,13H,7-10H2,1H3. The van der Waals surface area contributed by atoms with Crippen molar-refractivity contribution >= 4 is 23.0 Å². The molecule has 2 atom stereocenters. The molecule has 0 amide bonds. The van der Waals surface area contributed by atoms with E-state index >= 15 is 0 Å². The van der Waals surface area contributed by atoms with Gasteiger partial charge in [-0.2, -0.15) is 0 Å². The van der Waals surface area contributed by atoms with Crippen molar-refractivity contribution < 1.29 is 23.5 Å². The van der Waals surface area contributed by atoms with Gasteiger partial charge in [0.1, 0.15) is 6.61 Å². The lowest BCUT2D eigenvalue weighted by Gasteiger charge is -2.28. The van der Waals surface area contributed by atoms with E-state index in [1.165, 1.54) is 6.92 Å². The highest BCUT2D eigenvalue weighted by molar-refractivity contribution is 6.61. The summed E-state index contributed by atoms with van der Waals surface area (Å²) in [6.45, 7) is 1.28. The number of rotatable bonds is 5. The van der Waals surface area contributed by atoms with E-state index in [-0.39, 0.29) is 19.6 Å². The number of alkyl halides is 1. The zero-order valence-electron chi connectivity index (χ0n) is 12.1. The van der Waals surface area contributed by atoms with Crippen LogP contribution in [0.4, 0.5) is 9.18 Å². The Morgan fingerprint density at radius 1 is 1.41 bits per heavy atom. The summed E-state index contributed by atoms with van der Waals surface area (Å²) in [5.41, 5.74) is -1.91. The normalized spacial score (nSPS) is 23.0. The predicted octanol–water partition coefficient (Wildman–Crippen LogP) is 3.04. The van der Waals surface area contributed by atoms with Crippen molar-refractivity contribution in [1.29, 1.82) is 0 Å². The number of benzene rings is 1. The number of ether oxygens (including phenoxy) is 2. The predicted molar refractivity (Wildman–Crippen MR) is 78.2 cm³/mol. The molecule has 0 saturated carbocycles. The molecule has 1 heterocycles. The van der Waals surface area contributed by atoms with Gasteiger partial charge in [-0.3, -0.25) is 9.69 Å². The van der Waals surface area contributed by atoms with Crippen molar-refractivity contribution in [2.75, 3.05) is 19.7 Å². The Morgan fingerprint density at radius 3 is 2.68 bits per heavy atom. The third kappa shape index (κ3) is 4.42. The Balaban J connectivity index is 2.10. The van der Waals surface area contributed by atoms with Crippen LogP contribution in [0.5, 0.6) is 0 Å². The fourth-order valence-corrected chi connectivity index (χ4v) is 2.56. The number of esters is 1. The lowest BCUT2D eigenvalue weighted by Crippen LogP contribution is -2.36. The largest absolute Gasteiger partial charge is 0.462 e. The van der Waals surface area contributed by atoms with Crippen LogP contribution in [0.3, 0.4) is 0 Å². The monoisotopic (exact) mass is 329 g/mol. The lowest BCUT2D eigenvalue weighted by atomic mass is 10.1. The van der Waals surface area contributed by atoms with Gasteiger partial charge >= 0.3 is 11.4 Å². The molecule has 0 N–H and O–H groups in total. The molecule has 1 aliphatic heterocycles. The third-order valence-electron chi connectivity index (χ3n) is 3.49. The topological polar surface area (TPSA) is 55.8 Å². The lowest BCUT2D eigenvalue weighted by molar-refractivity contribution is -0.145. The fraction of sp³-hybridized carbons (Fsp3) is 0.467. The summed E-state index contributed by atoms with van der Waals surface area (Å²) in [6.07, 6.45) is -0.579. The number of halogens is 2. The van der Waals surface area contributed by atoms with Gasteiger partial charge in [-0.15, -0.1) is 0 Å². The number of carbonyl (C=O) groups excluding carboxylic acids is 2. The number of hydrogen-bond donors (Lipinski definition) is 0. The SMILES string of the molecule is CC(=O)OCC1(F)CCN(C(OC(=O)Cl)c2ccccc2)C1. The van der Waals surface area contributed by atoms with E-state index in [1.807, 2.05) is 6.07 Å². The molecule has 22 heavy (non-hydrogen) atoms. The minimum absolute atomic E-state index is 0.00991. The van der Waals surface area contributed by atoms with Gasteiger partial charge in [-0.1, -0.05) is 30.3 Å². The minimum atomic E-state index is -1.66. The molecular formula is C15H17ClFNO4. The maximum Gasteiger partial charge on any atom is 0.405 e. The zero-order chi connectivity index (χ0) is 16.2. The summed E-state index contributed by atoms with van der Waals surface area (Å²) in [5, 5.41) is 0. The molecular weight excluding hydrogens is 313 g/mol. The zero-order valence-corrected chi connectivity index (χ0v) is 12.9. The van der Waals surface area contributed by atoms with Gasteiger partial charge < -0.3 is 9.47 Å². The van der Waals surface area contributed by atoms with Crippen LogP contribution in [0, 0.1) is 0 Å². The molecule has 1 fully saturated rings. The third-order valence-corrected chi connectivity index (χ3v) is 3.58. The maximum atomic E-state index is 14.6. The molecule has 2 rings (SSSR count). The van der Waals surface area contributed by atoms with Crippen LogP contribution in [-0.4, -0.2) is 41.7 Å². The van der Waals surface area contributed by atoms with Crippen molar-refractivity contribution in [2.45, 2.75) is 25.2 Å². The molecule has 1 aliphatic rings. The van der Waals surface area contributed by atoms with Crippen LogP contribution in [0.2, 0.25) is 0 Å². The van der Waals surface area contributed by atoms with Gasteiger partial charge in [0.2, 0.25) is 0 Å². The van der Waals surface area contributed by atoms with Crippen molar-refractivity contribution in [1.82, 2.24) is 4.90 Å². The first-order valence-electron chi connectivity index (χ1n) is 6.87. The van der Waals surface area contributed by atoms with Crippen LogP contribution in [0.1, 0.15) is 25.1 Å². The molecule has 1 saturated heterocycles. The van der Waals surface area contributed by atoms with Gasteiger partial charge in [-0.05, 0) is 6.42 Å². The molecule has 0 radical (unpaired) electrons. The Hall–Kier alpha value is -1.66. The first kappa shape index (κ1) is 16.7. The van der Waals surface area contributed by atoms with Crippen molar-refractivity contribution in [3.8, 4) is 0 Å². The second-order valence-electron chi connectivity index (χ2n) is 5.27. The van der Waals surface area contributed by atoms with Crippen molar-refractivity contribution in [3.63, 3.8) is 0 Å². The maximum absolute atomic E-state index is 14.6. The number of hydrogen-bond acceptors (Lipinski definition) is 5. The van der Waals surface area contributed by atoms with Crippen LogP contribution in [-0.2, 0) is 14.3 Å². The Morgan fingerprint density at radius 2 is 2.09 bits per heavy atom. The van der Waals surface area contributed by atoms with Crippen LogP contribution >= 0.6 is 11.6 Å². The van der Waals surface area contributed by atoms with Crippen LogP contribution in [0.25, 0.3) is 0 Å². The second kappa shape index (κ2) is 7.07. The van der Waals surface area contributed by atoms with Gasteiger partial charge in [-0.25, -0.2) is 9.18 Å².